The van der Waals surface area contributed by atoms with Gasteiger partial charge >= 0.3 is 5.97 Å². The van der Waals surface area contributed by atoms with E-state index in [0.29, 0.717) is 5.56 Å². The molecule has 1 amide bonds. The molecule has 0 spiro atoms. The minimum Gasteiger partial charge on any atom is -0.481 e. The lowest BCUT2D eigenvalue weighted by molar-refractivity contribution is -0.140. The van der Waals surface area contributed by atoms with Crippen LogP contribution in [-0.2, 0) is 17.6 Å². The van der Waals surface area contributed by atoms with Crippen LogP contribution in [0.15, 0.2) is 18.2 Å². The van der Waals surface area contributed by atoms with Gasteiger partial charge in [0, 0.05) is 12.1 Å². The predicted octanol–water partition coefficient (Wildman–Crippen LogP) is 2.02. The van der Waals surface area contributed by atoms with E-state index < -0.39 is 11.9 Å². The molecule has 0 fully saturated rings. The van der Waals surface area contributed by atoms with E-state index in [1.807, 2.05) is 18.2 Å². The maximum Gasteiger partial charge on any atom is 0.308 e. The summed E-state index contributed by atoms with van der Waals surface area (Å²) in [5, 5.41) is 11.4. The number of fused-ring (bicyclic) bond motifs is 1. The molecule has 0 bridgehead atoms. The second-order valence-electron chi connectivity index (χ2n) is 5.14. The second kappa shape index (κ2) is 5.87. The number of hydrogen-bond donors (Lipinski definition) is 2. The van der Waals surface area contributed by atoms with Gasteiger partial charge in [0.25, 0.3) is 5.91 Å². The van der Waals surface area contributed by atoms with Crippen LogP contribution in [0.5, 0.6) is 0 Å². The summed E-state index contributed by atoms with van der Waals surface area (Å²) in [7, 11) is 0. The van der Waals surface area contributed by atoms with Gasteiger partial charge in [0.2, 0.25) is 0 Å². The highest BCUT2D eigenvalue weighted by atomic mass is 16.4. The summed E-state index contributed by atoms with van der Waals surface area (Å²) in [6.45, 7) is 1.74. The zero-order valence-electron chi connectivity index (χ0n) is 11.1. The molecule has 0 saturated carbocycles. The first-order chi connectivity index (χ1) is 9.08. The van der Waals surface area contributed by atoms with Gasteiger partial charge in [0.05, 0.1) is 5.92 Å². The molecule has 0 aliphatic heterocycles. The first-order valence-electron chi connectivity index (χ1n) is 6.70. The first-order valence-corrected chi connectivity index (χ1v) is 6.70. The zero-order valence-corrected chi connectivity index (χ0v) is 11.1. The highest BCUT2D eigenvalue weighted by molar-refractivity contribution is 5.94. The van der Waals surface area contributed by atoms with Crippen molar-refractivity contribution in [3.8, 4) is 0 Å². The second-order valence-corrected chi connectivity index (χ2v) is 5.14. The Balaban J connectivity index is 2.01. The minimum atomic E-state index is -0.897. The number of aryl methyl sites for hydroxylation is 2. The van der Waals surface area contributed by atoms with Crippen molar-refractivity contribution in [2.24, 2.45) is 5.92 Å². The average Bonchev–Trinajstić information content (AvgIpc) is 2.43. The van der Waals surface area contributed by atoms with Crippen molar-refractivity contribution in [2.75, 3.05) is 6.54 Å². The summed E-state index contributed by atoms with van der Waals surface area (Å²) in [4.78, 5) is 22.6. The molecule has 1 aliphatic carbocycles. The van der Waals surface area contributed by atoms with Crippen LogP contribution < -0.4 is 5.32 Å². The van der Waals surface area contributed by atoms with Crippen molar-refractivity contribution in [2.45, 2.75) is 32.6 Å². The molecule has 1 aliphatic rings. The third-order valence-electron chi connectivity index (χ3n) is 3.60. The van der Waals surface area contributed by atoms with Crippen LogP contribution in [0.4, 0.5) is 0 Å². The van der Waals surface area contributed by atoms with Crippen molar-refractivity contribution in [3.05, 3.63) is 34.9 Å². The van der Waals surface area contributed by atoms with Crippen LogP contribution in [0, 0.1) is 5.92 Å². The fourth-order valence-corrected chi connectivity index (χ4v) is 2.31. The van der Waals surface area contributed by atoms with Gasteiger partial charge in [-0.05, 0) is 48.9 Å². The number of amides is 1. The van der Waals surface area contributed by atoms with E-state index in [9.17, 15) is 9.59 Å². The monoisotopic (exact) mass is 261 g/mol. The average molecular weight is 261 g/mol. The molecule has 2 N–H and O–H groups in total. The number of carbonyl (C=O) groups excluding carboxylic acids is 1. The third kappa shape index (κ3) is 3.34. The molecule has 1 aromatic rings. The Labute approximate surface area is 112 Å². The number of rotatable bonds is 4. The Morgan fingerprint density at radius 1 is 1.26 bits per heavy atom. The molecule has 19 heavy (non-hydrogen) atoms. The van der Waals surface area contributed by atoms with E-state index in [1.54, 1.807) is 6.92 Å². The number of hydrogen-bond acceptors (Lipinski definition) is 2. The minimum absolute atomic E-state index is 0.158. The van der Waals surface area contributed by atoms with Crippen molar-refractivity contribution in [3.63, 3.8) is 0 Å². The lowest BCUT2D eigenvalue weighted by Gasteiger charge is -2.16. The number of carboxylic acids is 1. The summed E-state index contributed by atoms with van der Waals surface area (Å²) in [6, 6.07) is 5.78. The molecular weight excluding hydrogens is 242 g/mol. The number of carbonyl (C=O) groups is 2. The van der Waals surface area contributed by atoms with Gasteiger partial charge in [-0.1, -0.05) is 13.0 Å². The van der Waals surface area contributed by atoms with Crippen LogP contribution in [-0.4, -0.2) is 23.5 Å². The Kier molecular flexibility index (Phi) is 4.20. The molecule has 0 heterocycles. The molecule has 2 rings (SSSR count). The van der Waals surface area contributed by atoms with Crippen LogP contribution in [0.25, 0.3) is 0 Å². The van der Waals surface area contributed by atoms with Gasteiger partial charge in [0.15, 0.2) is 0 Å². The molecule has 0 saturated heterocycles. The Hall–Kier alpha value is -1.84. The van der Waals surface area contributed by atoms with Crippen LogP contribution in [0.3, 0.4) is 0 Å². The number of carboxylic acid groups (broad SMARTS) is 1. The molecule has 102 valence electrons. The van der Waals surface area contributed by atoms with Crippen molar-refractivity contribution in [1.29, 1.82) is 0 Å². The number of aliphatic carboxylic acids is 1. The highest BCUT2D eigenvalue weighted by Crippen LogP contribution is 2.22. The van der Waals surface area contributed by atoms with Gasteiger partial charge in [-0.3, -0.25) is 9.59 Å². The summed E-state index contributed by atoms with van der Waals surface area (Å²) in [6.07, 6.45) is 4.51. The van der Waals surface area contributed by atoms with E-state index in [4.69, 9.17) is 5.11 Å². The topological polar surface area (TPSA) is 66.4 Å². The number of nitrogens with one attached hydrogen (secondary N) is 1. The maximum absolute atomic E-state index is 12.0. The molecule has 4 nitrogen and oxygen atoms in total. The van der Waals surface area contributed by atoms with Gasteiger partial charge in [-0.15, -0.1) is 0 Å². The molecule has 1 atom stereocenters. The van der Waals surface area contributed by atoms with Crippen molar-refractivity contribution in [1.82, 2.24) is 5.32 Å². The fraction of sp³-hybridized carbons (Fsp3) is 0.467. The largest absolute Gasteiger partial charge is 0.481 e. The van der Waals surface area contributed by atoms with Crippen molar-refractivity contribution < 1.29 is 14.7 Å². The lowest BCUT2D eigenvalue weighted by Crippen LogP contribution is -2.31. The molecule has 0 aromatic heterocycles. The SMILES string of the molecule is C[C@@H](CNC(=O)c1ccc2c(c1)CCCC2)C(=O)O. The van der Waals surface area contributed by atoms with Crippen LogP contribution in [0.2, 0.25) is 0 Å². The van der Waals surface area contributed by atoms with E-state index >= 15 is 0 Å². The van der Waals surface area contributed by atoms with Gasteiger partial charge in [-0.25, -0.2) is 0 Å². The molecule has 1 aromatic carbocycles. The van der Waals surface area contributed by atoms with E-state index in [0.717, 1.165) is 12.8 Å². The molecule has 0 unspecified atom stereocenters. The number of benzene rings is 1. The van der Waals surface area contributed by atoms with Crippen molar-refractivity contribution >= 4 is 11.9 Å². The highest BCUT2D eigenvalue weighted by Gasteiger charge is 2.15. The van der Waals surface area contributed by atoms with E-state index in [2.05, 4.69) is 5.32 Å². The Morgan fingerprint density at radius 3 is 2.63 bits per heavy atom. The van der Waals surface area contributed by atoms with Gasteiger partial charge < -0.3 is 10.4 Å². The smallest absolute Gasteiger partial charge is 0.308 e. The normalized spacial score (nSPS) is 15.4. The first kappa shape index (κ1) is 13.6. The molecular formula is C15H19NO3. The lowest BCUT2D eigenvalue weighted by atomic mass is 9.90. The molecule has 4 heteroatoms. The molecule has 0 radical (unpaired) electrons. The summed E-state index contributed by atoms with van der Waals surface area (Å²) < 4.78 is 0. The van der Waals surface area contributed by atoms with Crippen LogP contribution >= 0.6 is 0 Å². The predicted molar refractivity (Wildman–Crippen MR) is 72.2 cm³/mol. The quantitative estimate of drug-likeness (QED) is 0.871. The Bertz CT molecular complexity index is 496. The Morgan fingerprint density at radius 2 is 1.95 bits per heavy atom. The van der Waals surface area contributed by atoms with E-state index in [-0.39, 0.29) is 12.5 Å². The maximum atomic E-state index is 12.0. The fourth-order valence-electron chi connectivity index (χ4n) is 2.31. The third-order valence-corrected chi connectivity index (χ3v) is 3.60. The summed E-state index contributed by atoms with van der Waals surface area (Å²) in [5.41, 5.74) is 3.21. The zero-order chi connectivity index (χ0) is 13.8. The van der Waals surface area contributed by atoms with E-state index in [1.165, 1.54) is 24.0 Å². The van der Waals surface area contributed by atoms with Gasteiger partial charge in [0.1, 0.15) is 0 Å². The van der Waals surface area contributed by atoms with Crippen LogP contribution in [0.1, 0.15) is 41.3 Å². The summed E-state index contributed by atoms with van der Waals surface area (Å²) >= 11 is 0. The summed E-state index contributed by atoms with van der Waals surface area (Å²) in [5.74, 6) is -1.66. The standard InChI is InChI=1S/C15H19NO3/c1-10(15(18)19)9-16-14(17)13-7-6-11-4-2-3-5-12(11)8-13/h6-8,10H,2-5,9H2,1H3,(H,16,17)(H,18,19)/t10-/m0/s1. The van der Waals surface area contributed by atoms with Gasteiger partial charge in [-0.2, -0.15) is 0 Å².